The van der Waals surface area contributed by atoms with E-state index >= 15 is 0 Å². The molecule has 1 aliphatic carbocycles. The minimum absolute atomic E-state index is 0.0389. The number of rotatable bonds is 7. The fourth-order valence-electron chi connectivity index (χ4n) is 1.95. The fraction of sp³-hybridized carbons (Fsp3) is 0.812. The molecule has 19 heavy (non-hydrogen) atoms. The Hall–Kier alpha value is -0.830. The second-order valence-corrected chi connectivity index (χ2v) is 6.56. The van der Waals surface area contributed by atoms with Crippen LogP contribution >= 0.6 is 0 Å². The zero-order chi connectivity index (χ0) is 14.6. The van der Waals surface area contributed by atoms with Crippen molar-refractivity contribution in [2.24, 2.45) is 11.8 Å². The number of ether oxygens (including phenoxy) is 2. The lowest BCUT2D eigenvalue weighted by atomic mass is 10.1. The van der Waals surface area contributed by atoms with Gasteiger partial charge in [0.15, 0.2) is 0 Å². The van der Waals surface area contributed by atoms with Gasteiger partial charge in [0.05, 0.1) is 17.6 Å². The standard InChI is InChI=1S/C16H28O3/c1-11(2)9-12(3)13(4)19-16(5,6)10-18-15(17)14-7-8-14/h9,11,13-14H,7-8,10H2,1-6H3. The van der Waals surface area contributed by atoms with Crippen LogP contribution in [0.3, 0.4) is 0 Å². The minimum atomic E-state index is -0.448. The number of hydrogen-bond donors (Lipinski definition) is 0. The van der Waals surface area contributed by atoms with Gasteiger partial charge in [0.1, 0.15) is 6.61 Å². The van der Waals surface area contributed by atoms with E-state index in [4.69, 9.17) is 9.47 Å². The van der Waals surface area contributed by atoms with Gasteiger partial charge in [-0.15, -0.1) is 0 Å². The van der Waals surface area contributed by atoms with Crippen LogP contribution in [0.1, 0.15) is 54.4 Å². The van der Waals surface area contributed by atoms with E-state index in [0.29, 0.717) is 12.5 Å². The van der Waals surface area contributed by atoms with E-state index < -0.39 is 5.60 Å². The smallest absolute Gasteiger partial charge is 0.309 e. The lowest BCUT2D eigenvalue weighted by molar-refractivity contribution is -0.157. The maximum Gasteiger partial charge on any atom is 0.309 e. The summed E-state index contributed by atoms with van der Waals surface area (Å²) in [5.74, 6) is 0.594. The van der Waals surface area contributed by atoms with Crippen LogP contribution < -0.4 is 0 Å². The van der Waals surface area contributed by atoms with Gasteiger partial charge in [-0.1, -0.05) is 19.9 Å². The molecule has 0 radical (unpaired) electrons. The van der Waals surface area contributed by atoms with E-state index in [2.05, 4.69) is 26.8 Å². The van der Waals surface area contributed by atoms with E-state index in [1.807, 2.05) is 20.8 Å². The minimum Gasteiger partial charge on any atom is -0.462 e. The first kappa shape index (κ1) is 16.2. The molecule has 0 aromatic rings. The second kappa shape index (κ2) is 6.56. The van der Waals surface area contributed by atoms with Crippen LogP contribution in [-0.4, -0.2) is 24.3 Å². The Balaban J connectivity index is 2.41. The van der Waals surface area contributed by atoms with Crippen LogP contribution in [0.2, 0.25) is 0 Å². The summed E-state index contributed by atoms with van der Waals surface area (Å²) in [4.78, 5) is 11.5. The Morgan fingerprint density at radius 2 is 1.89 bits per heavy atom. The molecular weight excluding hydrogens is 240 g/mol. The Morgan fingerprint density at radius 1 is 1.32 bits per heavy atom. The predicted molar refractivity (Wildman–Crippen MR) is 76.9 cm³/mol. The molecule has 1 atom stereocenters. The molecule has 0 N–H and O–H groups in total. The Labute approximate surface area is 117 Å². The molecule has 110 valence electrons. The molecule has 1 aliphatic rings. The highest BCUT2D eigenvalue weighted by Gasteiger charge is 2.33. The molecule has 0 heterocycles. The van der Waals surface area contributed by atoms with Crippen molar-refractivity contribution in [1.82, 2.24) is 0 Å². The van der Waals surface area contributed by atoms with Crippen molar-refractivity contribution >= 4 is 5.97 Å². The number of carbonyl (C=O) groups excluding carboxylic acids is 1. The first-order valence-corrected chi connectivity index (χ1v) is 7.24. The molecule has 1 unspecified atom stereocenters. The molecule has 3 nitrogen and oxygen atoms in total. The van der Waals surface area contributed by atoms with E-state index in [0.717, 1.165) is 12.8 Å². The predicted octanol–water partition coefficient (Wildman–Crippen LogP) is 3.73. The van der Waals surface area contributed by atoms with E-state index in [1.165, 1.54) is 5.57 Å². The molecular formula is C16H28O3. The quantitative estimate of drug-likeness (QED) is 0.521. The monoisotopic (exact) mass is 268 g/mol. The topological polar surface area (TPSA) is 35.5 Å². The maximum absolute atomic E-state index is 11.5. The molecule has 0 spiro atoms. The van der Waals surface area contributed by atoms with Gasteiger partial charge >= 0.3 is 5.97 Å². The highest BCUT2D eigenvalue weighted by Crippen LogP contribution is 2.30. The molecule has 1 fully saturated rings. The van der Waals surface area contributed by atoms with Crippen LogP contribution in [0.25, 0.3) is 0 Å². The summed E-state index contributed by atoms with van der Waals surface area (Å²) in [5.41, 5.74) is 0.771. The summed E-state index contributed by atoms with van der Waals surface area (Å²) in [7, 11) is 0. The van der Waals surface area contributed by atoms with Crippen molar-refractivity contribution < 1.29 is 14.3 Å². The van der Waals surface area contributed by atoms with Crippen LogP contribution in [0.4, 0.5) is 0 Å². The summed E-state index contributed by atoms with van der Waals surface area (Å²) in [6.45, 7) is 12.7. The highest BCUT2D eigenvalue weighted by molar-refractivity contribution is 5.74. The van der Waals surface area contributed by atoms with Crippen LogP contribution in [0.15, 0.2) is 11.6 Å². The van der Waals surface area contributed by atoms with Gasteiger partial charge < -0.3 is 9.47 Å². The third kappa shape index (κ3) is 6.24. The summed E-state index contributed by atoms with van der Waals surface area (Å²) < 4.78 is 11.3. The van der Waals surface area contributed by atoms with Crippen molar-refractivity contribution in [2.75, 3.05) is 6.61 Å². The summed E-state index contributed by atoms with van der Waals surface area (Å²) >= 11 is 0. The molecule has 0 bridgehead atoms. The summed E-state index contributed by atoms with van der Waals surface area (Å²) in [6.07, 6.45) is 4.20. The lowest BCUT2D eigenvalue weighted by Gasteiger charge is -2.29. The molecule has 3 heteroatoms. The molecule has 0 amide bonds. The number of esters is 1. The van der Waals surface area contributed by atoms with Crippen molar-refractivity contribution in [3.8, 4) is 0 Å². The zero-order valence-corrected chi connectivity index (χ0v) is 13.2. The molecule has 1 saturated carbocycles. The Bertz CT molecular complexity index is 338. The van der Waals surface area contributed by atoms with E-state index in [1.54, 1.807) is 0 Å². The van der Waals surface area contributed by atoms with Crippen LogP contribution in [0, 0.1) is 11.8 Å². The Morgan fingerprint density at radius 3 is 2.37 bits per heavy atom. The number of hydrogen-bond acceptors (Lipinski definition) is 3. The third-order valence-corrected chi connectivity index (χ3v) is 3.21. The number of allylic oxidation sites excluding steroid dienone is 1. The van der Waals surface area contributed by atoms with Crippen molar-refractivity contribution in [1.29, 1.82) is 0 Å². The number of carbonyl (C=O) groups is 1. The van der Waals surface area contributed by atoms with Crippen molar-refractivity contribution in [2.45, 2.75) is 66.1 Å². The summed E-state index contributed by atoms with van der Waals surface area (Å²) in [6, 6.07) is 0. The molecule has 0 aromatic heterocycles. The highest BCUT2D eigenvalue weighted by atomic mass is 16.6. The van der Waals surface area contributed by atoms with Crippen LogP contribution in [0.5, 0.6) is 0 Å². The first-order chi connectivity index (χ1) is 8.71. The van der Waals surface area contributed by atoms with Gasteiger partial charge in [0, 0.05) is 0 Å². The zero-order valence-electron chi connectivity index (χ0n) is 13.2. The van der Waals surface area contributed by atoms with Crippen LogP contribution in [-0.2, 0) is 14.3 Å². The lowest BCUT2D eigenvalue weighted by Crippen LogP contribution is -2.36. The third-order valence-electron chi connectivity index (χ3n) is 3.21. The second-order valence-electron chi connectivity index (χ2n) is 6.56. The SMILES string of the molecule is CC(=CC(C)C)C(C)OC(C)(C)COC(=O)C1CC1. The molecule has 0 aliphatic heterocycles. The first-order valence-electron chi connectivity index (χ1n) is 7.24. The van der Waals surface area contributed by atoms with Gasteiger partial charge in [-0.3, -0.25) is 4.79 Å². The largest absolute Gasteiger partial charge is 0.462 e. The molecule has 0 aromatic carbocycles. The van der Waals surface area contributed by atoms with Gasteiger partial charge in [-0.05, 0) is 52.0 Å². The summed E-state index contributed by atoms with van der Waals surface area (Å²) in [5, 5.41) is 0. The van der Waals surface area contributed by atoms with E-state index in [-0.39, 0.29) is 18.0 Å². The normalized spacial score (nSPS) is 18.6. The Kier molecular flexibility index (Phi) is 5.60. The van der Waals surface area contributed by atoms with E-state index in [9.17, 15) is 4.79 Å². The van der Waals surface area contributed by atoms with Gasteiger partial charge in [-0.25, -0.2) is 0 Å². The maximum atomic E-state index is 11.5. The average Bonchev–Trinajstić information content (AvgIpc) is 3.08. The van der Waals surface area contributed by atoms with Gasteiger partial charge in [-0.2, -0.15) is 0 Å². The fourth-order valence-corrected chi connectivity index (χ4v) is 1.95. The molecule has 1 rings (SSSR count). The average molecular weight is 268 g/mol. The van der Waals surface area contributed by atoms with Crippen molar-refractivity contribution in [3.63, 3.8) is 0 Å². The van der Waals surface area contributed by atoms with Gasteiger partial charge in [0.2, 0.25) is 0 Å². The molecule has 0 saturated heterocycles. The van der Waals surface area contributed by atoms with Crippen molar-refractivity contribution in [3.05, 3.63) is 11.6 Å². The van der Waals surface area contributed by atoms with Gasteiger partial charge in [0.25, 0.3) is 0 Å².